The van der Waals surface area contributed by atoms with Crippen molar-refractivity contribution >= 4 is 41.6 Å². The molecular weight excluding hydrogens is 382 g/mol. The molecule has 2 aliphatic rings. The predicted molar refractivity (Wildman–Crippen MR) is 117 cm³/mol. The molecular formula is C21H25N7O2. The molecule has 0 spiro atoms. The van der Waals surface area contributed by atoms with E-state index in [2.05, 4.69) is 44.5 Å². The van der Waals surface area contributed by atoms with Crippen molar-refractivity contribution in [3.63, 3.8) is 0 Å². The van der Waals surface area contributed by atoms with Crippen molar-refractivity contribution in [1.82, 2.24) is 9.97 Å². The Kier molecular flexibility index (Phi) is 5.26. The number of anilines is 4. The molecule has 4 unspecified atom stereocenters. The summed E-state index contributed by atoms with van der Waals surface area (Å²) in [5.41, 5.74) is 12.9. The summed E-state index contributed by atoms with van der Waals surface area (Å²) >= 11 is 0. The summed E-state index contributed by atoms with van der Waals surface area (Å²) in [7, 11) is 0. The Morgan fingerprint density at radius 1 is 1.33 bits per heavy atom. The summed E-state index contributed by atoms with van der Waals surface area (Å²) < 4.78 is 5.53. The number of nitrogens with zero attached hydrogens (tertiary/aromatic N) is 3. The summed E-state index contributed by atoms with van der Waals surface area (Å²) in [5, 5.41) is 6.48. The van der Waals surface area contributed by atoms with E-state index >= 15 is 0 Å². The van der Waals surface area contributed by atoms with Crippen LogP contribution < -0.4 is 26.8 Å². The average molecular weight is 407 g/mol. The molecule has 4 rings (SSSR count). The smallest absolute Gasteiger partial charge is 0.231 e. The van der Waals surface area contributed by atoms with Crippen molar-refractivity contribution in [2.45, 2.75) is 19.4 Å². The van der Waals surface area contributed by atoms with Crippen LogP contribution in [0.15, 0.2) is 41.4 Å². The highest BCUT2D eigenvalue weighted by molar-refractivity contribution is 5.81. The minimum Gasteiger partial charge on any atom is -0.494 e. The number of allylic oxidation sites excluding steroid dienone is 1. The Morgan fingerprint density at radius 2 is 2.13 bits per heavy atom. The molecule has 4 atom stereocenters. The lowest BCUT2D eigenvalue weighted by atomic mass is 9.88. The number of rotatable bonds is 8. The highest BCUT2D eigenvalue weighted by atomic mass is 16.5. The molecule has 1 aromatic heterocycles. The summed E-state index contributed by atoms with van der Waals surface area (Å²) in [6, 6.07) is 7.28. The van der Waals surface area contributed by atoms with Crippen LogP contribution in [0.4, 0.5) is 29.0 Å². The number of aliphatic imine (C=N–C) groups is 1. The van der Waals surface area contributed by atoms with Crippen molar-refractivity contribution in [2.24, 2.45) is 28.5 Å². The maximum atomic E-state index is 12.0. The SMILES string of the molecule is C=Nc1c(N)nc(Nc2cccc(OCC)c2)nc1NC1C2C=CC(C2)C1C(N)=O. The molecule has 9 nitrogen and oxygen atoms in total. The largest absolute Gasteiger partial charge is 0.494 e. The number of ether oxygens (including phenoxy) is 1. The number of primary amides is 1. The minimum absolute atomic E-state index is 0.142. The lowest BCUT2D eigenvalue weighted by Crippen LogP contribution is -2.41. The molecule has 156 valence electrons. The fourth-order valence-corrected chi connectivity index (χ4v) is 4.31. The number of nitrogens with one attached hydrogen (secondary N) is 2. The van der Waals surface area contributed by atoms with Crippen molar-refractivity contribution in [3.8, 4) is 5.75 Å². The first-order chi connectivity index (χ1) is 14.5. The van der Waals surface area contributed by atoms with Gasteiger partial charge in [-0.15, -0.1) is 0 Å². The minimum atomic E-state index is -0.328. The van der Waals surface area contributed by atoms with Crippen molar-refractivity contribution < 1.29 is 9.53 Å². The molecule has 9 heteroatoms. The van der Waals surface area contributed by atoms with Gasteiger partial charge >= 0.3 is 0 Å². The molecule has 2 bridgehead atoms. The number of carbonyl (C=O) groups excluding carboxylic acids is 1. The average Bonchev–Trinajstić information content (AvgIpc) is 3.30. The summed E-state index contributed by atoms with van der Waals surface area (Å²) in [5.74, 6) is 1.32. The van der Waals surface area contributed by atoms with E-state index in [9.17, 15) is 4.79 Å². The second kappa shape index (κ2) is 8.02. The van der Waals surface area contributed by atoms with Gasteiger partial charge in [0.1, 0.15) is 11.4 Å². The Hall–Kier alpha value is -3.62. The van der Waals surface area contributed by atoms with Gasteiger partial charge in [0.2, 0.25) is 11.9 Å². The lowest BCUT2D eigenvalue weighted by molar-refractivity contribution is -0.122. The first-order valence-corrected chi connectivity index (χ1v) is 9.88. The van der Waals surface area contributed by atoms with E-state index in [1.54, 1.807) is 0 Å². The monoisotopic (exact) mass is 407 g/mol. The predicted octanol–water partition coefficient (Wildman–Crippen LogP) is 2.62. The number of nitrogen functional groups attached to an aromatic ring is 1. The van der Waals surface area contributed by atoms with Crippen molar-refractivity contribution in [2.75, 3.05) is 23.0 Å². The molecule has 2 aromatic rings. The highest BCUT2D eigenvalue weighted by Crippen LogP contribution is 2.45. The molecule has 0 aliphatic heterocycles. The number of aromatic nitrogens is 2. The molecule has 0 saturated heterocycles. The topological polar surface area (TPSA) is 141 Å². The van der Waals surface area contributed by atoms with Gasteiger partial charge in [0.25, 0.3) is 0 Å². The molecule has 6 N–H and O–H groups in total. The summed E-state index contributed by atoms with van der Waals surface area (Å²) in [4.78, 5) is 24.9. The molecule has 1 amide bonds. The zero-order chi connectivity index (χ0) is 21.3. The quantitative estimate of drug-likeness (QED) is 0.389. The fourth-order valence-electron chi connectivity index (χ4n) is 4.31. The number of carbonyl (C=O) groups is 1. The van der Waals surface area contributed by atoms with Crippen LogP contribution in [0.25, 0.3) is 0 Å². The van der Waals surface area contributed by atoms with Crippen LogP contribution in [0.5, 0.6) is 5.75 Å². The van der Waals surface area contributed by atoms with E-state index in [1.807, 2.05) is 31.2 Å². The summed E-state index contributed by atoms with van der Waals surface area (Å²) in [6.07, 6.45) is 5.07. The van der Waals surface area contributed by atoms with Gasteiger partial charge in [-0.1, -0.05) is 18.2 Å². The second-order valence-corrected chi connectivity index (χ2v) is 7.42. The van der Waals surface area contributed by atoms with Crippen LogP contribution in [0.2, 0.25) is 0 Å². The maximum Gasteiger partial charge on any atom is 0.231 e. The maximum absolute atomic E-state index is 12.0. The van der Waals surface area contributed by atoms with Gasteiger partial charge < -0.3 is 26.8 Å². The fraction of sp³-hybridized carbons (Fsp3) is 0.333. The number of fused-ring (bicyclic) bond motifs is 2. The van der Waals surface area contributed by atoms with Crippen molar-refractivity contribution in [1.29, 1.82) is 0 Å². The van der Waals surface area contributed by atoms with Crippen LogP contribution in [0.3, 0.4) is 0 Å². The standard InChI is InChI=1S/C21H25N7O2/c1-3-30-14-6-4-5-13(10-14)25-21-27-18(22)17(24-2)20(28-21)26-16-12-8-7-11(9-12)15(16)19(23)29/h4-8,10-12,15-16H,2-3,9H2,1H3,(H2,23,29)(H4,22,25,26,27,28). The van der Waals surface area contributed by atoms with Gasteiger partial charge in [-0.25, -0.2) is 0 Å². The van der Waals surface area contributed by atoms with Gasteiger partial charge in [-0.2, -0.15) is 9.97 Å². The molecule has 1 saturated carbocycles. The third kappa shape index (κ3) is 3.66. The number of hydrogen-bond donors (Lipinski definition) is 4. The van der Waals surface area contributed by atoms with E-state index in [-0.39, 0.29) is 35.5 Å². The lowest BCUT2D eigenvalue weighted by Gasteiger charge is -2.27. The van der Waals surface area contributed by atoms with Crippen LogP contribution in [-0.4, -0.2) is 35.2 Å². The molecule has 2 aliphatic carbocycles. The summed E-state index contributed by atoms with van der Waals surface area (Å²) in [6.45, 7) is 6.08. The van der Waals surface area contributed by atoms with Gasteiger partial charge in [0.05, 0.1) is 12.5 Å². The number of nitrogens with two attached hydrogens (primary N) is 2. The number of hydrogen-bond acceptors (Lipinski definition) is 8. The second-order valence-electron chi connectivity index (χ2n) is 7.42. The molecule has 30 heavy (non-hydrogen) atoms. The highest BCUT2D eigenvalue weighted by Gasteiger charge is 2.47. The van der Waals surface area contributed by atoms with E-state index < -0.39 is 0 Å². The molecule has 0 radical (unpaired) electrons. The number of amides is 1. The normalized spacial score (nSPS) is 23.9. The first-order valence-electron chi connectivity index (χ1n) is 9.88. The van der Waals surface area contributed by atoms with E-state index in [0.717, 1.165) is 17.9 Å². The molecule has 1 fully saturated rings. The Bertz CT molecular complexity index is 1010. The molecule has 1 heterocycles. The van der Waals surface area contributed by atoms with Crippen LogP contribution in [0, 0.1) is 17.8 Å². The zero-order valence-electron chi connectivity index (χ0n) is 16.7. The van der Waals surface area contributed by atoms with Gasteiger partial charge in [-0.05, 0) is 44.0 Å². The van der Waals surface area contributed by atoms with E-state index in [1.165, 1.54) is 0 Å². The van der Waals surface area contributed by atoms with E-state index in [0.29, 0.717) is 24.1 Å². The van der Waals surface area contributed by atoms with Crippen molar-refractivity contribution in [3.05, 3.63) is 36.4 Å². The first kappa shape index (κ1) is 19.7. The number of benzene rings is 1. The van der Waals surface area contributed by atoms with Gasteiger partial charge in [-0.3, -0.25) is 9.79 Å². The Morgan fingerprint density at radius 3 is 2.87 bits per heavy atom. The van der Waals surface area contributed by atoms with Crippen LogP contribution in [-0.2, 0) is 4.79 Å². The van der Waals surface area contributed by atoms with Crippen LogP contribution >= 0.6 is 0 Å². The third-order valence-electron chi connectivity index (χ3n) is 5.56. The van der Waals surface area contributed by atoms with Gasteiger partial charge in [0.15, 0.2) is 11.6 Å². The van der Waals surface area contributed by atoms with E-state index in [4.69, 9.17) is 16.2 Å². The Balaban J connectivity index is 1.63. The van der Waals surface area contributed by atoms with Gasteiger partial charge in [0, 0.05) is 17.8 Å². The zero-order valence-corrected chi connectivity index (χ0v) is 16.7. The molecule has 1 aromatic carbocycles. The third-order valence-corrected chi connectivity index (χ3v) is 5.56. The van der Waals surface area contributed by atoms with Crippen LogP contribution in [0.1, 0.15) is 13.3 Å². The Labute approximate surface area is 174 Å².